The van der Waals surface area contributed by atoms with Gasteiger partial charge in [-0.15, -0.1) is 0 Å². The van der Waals surface area contributed by atoms with E-state index in [0.29, 0.717) is 47.5 Å². The van der Waals surface area contributed by atoms with E-state index < -0.39 is 18.0 Å². The van der Waals surface area contributed by atoms with Crippen molar-refractivity contribution in [1.82, 2.24) is 0 Å². The zero-order valence-electron chi connectivity index (χ0n) is 17.0. The first-order valence-electron chi connectivity index (χ1n) is 9.32. The number of rotatable bonds is 7. The van der Waals surface area contributed by atoms with E-state index in [1.54, 1.807) is 36.4 Å². The highest BCUT2D eigenvalue weighted by atomic mass is 16.6. The van der Waals surface area contributed by atoms with E-state index >= 15 is 0 Å². The van der Waals surface area contributed by atoms with Crippen LogP contribution >= 0.6 is 0 Å². The predicted octanol–water partition coefficient (Wildman–Crippen LogP) is 3.06. The molecule has 0 saturated carbocycles. The molecule has 3 rings (SSSR count). The zero-order valence-corrected chi connectivity index (χ0v) is 17.0. The lowest BCUT2D eigenvalue weighted by Crippen LogP contribution is -2.29. The molecule has 1 aliphatic rings. The zero-order chi connectivity index (χ0) is 21.5. The molecule has 0 bridgehead atoms. The van der Waals surface area contributed by atoms with E-state index in [1.807, 2.05) is 0 Å². The summed E-state index contributed by atoms with van der Waals surface area (Å²) in [5.74, 6) is 1.08. The van der Waals surface area contributed by atoms with Crippen LogP contribution in [0.1, 0.15) is 12.5 Å². The highest BCUT2D eigenvalue weighted by molar-refractivity contribution is 5.97. The first-order chi connectivity index (χ1) is 14.5. The number of ether oxygens (including phenoxy) is 5. The number of hydrogen-bond donors (Lipinski definition) is 1. The Morgan fingerprint density at radius 3 is 2.57 bits per heavy atom. The monoisotopic (exact) mass is 413 g/mol. The van der Waals surface area contributed by atoms with Crippen LogP contribution in [0.3, 0.4) is 0 Å². The fourth-order valence-corrected chi connectivity index (χ4v) is 2.83. The molecule has 8 heteroatoms. The quantitative estimate of drug-likeness (QED) is 0.551. The van der Waals surface area contributed by atoms with Crippen LogP contribution in [0, 0.1) is 0 Å². The lowest BCUT2D eigenvalue weighted by atomic mass is 10.1. The molecule has 0 spiro atoms. The van der Waals surface area contributed by atoms with E-state index in [1.165, 1.54) is 33.3 Å². The molecule has 0 unspecified atom stereocenters. The molecule has 158 valence electrons. The van der Waals surface area contributed by atoms with Gasteiger partial charge in [0.15, 0.2) is 29.1 Å². The van der Waals surface area contributed by atoms with Gasteiger partial charge in [-0.2, -0.15) is 0 Å². The first kappa shape index (κ1) is 21.0. The Balaban J connectivity index is 1.59. The summed E-state index contributed by atoms with van der Waals surface area (Å²) in [6.07, 6.45) is 1.77. The van der Waals surface area contributed by atoms with Crippen LogP contribution in [0.4, 0.5) is 5.69 Å². The number of fused-ring (bicyclic) bond motifs is 1. The number of amides is 1. The number of methoxy groups -OCH3 is 2. The van der Waals surface area contributed by atoms with Gasteiger partial charge in [0.25, 0.3) is 5.91 Å². The molecular weight excluding hydrogens is 390 g/mol. The summed E-state index contributed by atoms with van der Waals surface area (Å²) < 4.78 is 26.7. The summed E-state index contributed by atoms with van der Waals surface area (Å²) in [5.41, 5.74) is 1.16. The van der Waals surface area contributed by atoms with Crippen molar-refractivity contribution in [2.75, 3.05) is 32.8 Å². The third kappa shape index (κ3) is 5.02. The number of benzene rings is 2. The maximum absolute atomic E-state index is 12.4. The lowest BCUT2D eigenvalue weighted by Gasteiger charge is -2.19. The van der Waals surface area contributed by atoms with Crippen molar-refractivity contribution in [3.8, 4) is 23.0 Å². The Kier molecular flexibility index (Phi) is 6.79. The number of carbonyl (C=O) groups is 2. The van der Waals surface area contributed by atoms with Crippen molar-refractivity contribution in [3.05, 3.63) is 48.0 Å². The Morgan fingerprint density at radius 2 is 1.83 bits per heavy atom. The van der Waals surface area contributed by atoms with E-state index in [0.717, 1.165) is 0 Å². The second-order valence-electron chi connectivity index (χ2n) is 6.34. The average Bonchev–Trinajstić information content (AvgIpc) is 2.77. The number of anilines is 1. The van der Waals surface area contributed by atoms with Crippen LogP contribution in [0.15, 0.2) is 42.5 Å². The standard InChI is InChI=1S/C22H23NO7/c1-14(22(25)23-16-8-9-17-19(13-16)29-12-11-28-17)30-20(24)10-7-15-5-4-6-18(26-2)21(15)27-3/h4-10,13-14H,11-12H2,1-3H3,(H,23,25)/b10-7+/t14-/m1/s1. The van der Waals surface area contributed by atoms with Crippen LogP contribution in [-0.2, 0) is 14.3 Å². The molecule has 30 heavy (non-hydrogen) atoms. The number of esters is 1. The summed E-state index contributed by atoms with van der Waals surface area (Å²) in [7, 11) is 3.04. The van der Waals surface area contributed by atoms with Crippen LogP contribution < -0.4 is 24.3 Å². The minimum Gasteiger partial charge on any atom is -0.493 e. The van der Waals surface area contributed by atoms with Crippen LogP contribution in [0.25, 0.3) is 6.08 Å². The SMILES string of the molecule is COc1cccc(/C=C/C(=O)O[C@H](C)C(=O)Nc2ccc3c(c2)OCCO3)c1OC. The van der Waals surface area contributed by atoms with Gasteiger partial charge in [-0.25, -0.2) is 4.79 Å². The summed E-state index contributed by atoms with van der Waals surface area (Å²) in [6, 6.07) is 10.4. The smallest absolute Gasteiger partial charge is 0.331 e. The fourth-order valence-electron chi connectivity index (χ4n) is 2.83. The molecule has 1 aliphatic heterocycles. The highest BCUT2D eigenvalue weighted by Crippen LogP contribution is 2.33. The van der Waals surface area contributed by atoms with Gasteiger partial charge in [-0.1, -0.05) is 12.1 Å². The Bertz CT molecular complexity index is 954. The van der Waals surface area contributed by atoms with E-state index in [9.17, 15) is 9.59 Å². The minimum absolute atomic E-state index is 0.447. The predicted molar refractivity (Wildman–Crippen MR) is 110 cm³/mol. The third-order valence-corrected chi connectivity index (χ3v) is 4.30. The first-order valence-corrected chi connectivity index (χ1v) is 9.32. The molecule has 1 amide bonds. The van der Waals surface area contributed by atoms with Crippen molar-refractivity contribution in [3.63, 3.8) is 0 Å². The fraction of sp³-hybridized carbons (Fsp3) is 0.273. The lowest BCUT2D eigenvalue weighted by molar-refractivity contribution is -0.148. The summed E-state index contributed by atoms with van der Waals surface area (Å²) in [4.78, 5) is 24.5. The maximum atomic E-state index is 12.4. The Hall–Kier alpha value is -3.68. The van der Waals surface area contributed by atoms with Gasteiger partial charge in [0, 0.05) is 23.4 Å². The number of para-hydroxylation sites is 1. The normalized spacial score (nSPS) is 13.4. The Labute approximate surface area is 174 Å². The summed E-state index contributed by atoms with van der Waals surface area (Å²) in [5, 5.41) is 2.69. The van der Waals surface area contributed by atoms with Gasteiger partial charge in [0.05, 0.1) is 14.2 Å². The molecule has 2 aromatic carbocycles. The van der Waals surface area contributed by atoms with Gasteiger partial charge in [-0.05, 0) is 31.2 Å². The van der Waals surface area contributed by atoms with Crippen molar-refractivity contribution < 1.29 is 33.3 Å². The molecule has 0 aromatic heterocycles. The largest absolute Gasteiger partial charge is 0.493 e. The van der Waals surface area contributed by atoms with Crippen molar-refractivity contribution in [2.24, 2.45) is 0 Å². The average molecular weight is 413 g/mol. The van der Waals surface area contributed by atoms with E-state index in [4.69, 9.17) is 23.7 Å². The maximum Gasteiger partial charge on any atom is 0.331 e. The topological polar surface area (TPSA) is 92.3 Å². The van der Waals surface area contributed by atoms with Crippen LogP contribution in [0.5, 0.6) is 23.0 Å². The second-order valence-corrected chi connectivity index (χ2v) is 6.34. The van der Waals surface area contributed by atoms with Gasteiger partial charge in [0.1, 0.15) is 13.2 Å². The van der Waals surface area contributed by atoms with E-state index in [-0.39, 0.29) is 0 Å². The molecule has 0 fully saturated rings. The van der Waals surface area contributed by atoms with E-state index in [2.05, 4.69) is 5.32 Å². The number of nitrogens with one attached hydrogen (secondary N) is 1. The molecule has 1 heterocycles. The Morgan fingerprint density at radius 1 is 1.07 bits per heavy atom. The minimum atomic E-state index is -0.998. The van der Waals surface area contributed by atoms with Gasteiger partial charge in [0.2, 0.25) is 0 Å². The highest BCUT2D eigenvalue weighted by Gasteiger charge is 2.19. The molecule has 8 nitrogen and oxygen atoms in total. The molecular formula is C22H23NO7. The van der Waals surface area contributed by atoms with Crippen molar-refractivity contribution >= 4 is 23.6 Å². The van der Waals surface area contributed by atoms with Gasteiger partial charge < -0.3 is 29.0 Å². The van der Waals surface area contributed by atoms with Gasteiger partial charge in [-0.3, -0.25) is 4.79 Å². The molecule has 1 atom stereocenters. The molecule has 0 radical (unpaired) electrons. The summed E-state index contributed by atoms with van der Waals surface area (Å²) >= 11 is 0. The summed E-state index contributed by atoms with van der Waals surface area (Å²) in [6.45, 7) is 2.43. The van der Waals surface area contributed by atoms with Crippen molar-refractivity contribution in [1.29, 1.82) is 0 Å². The molecule has 0 saturated heterocycles. The van der Waals surface area contributed by atoms with Crippen LogP contribution in [0.2, 0.25) is 0 Å². The number of carbonyl (C=O) groups excluding carboxylic acids is 2. The van der Waals surface area contributed by atoms with Gasteiger partial charge >= 0.3 is 5.97 Å². The number of hydrogen-bond acceptors (Lipinski definition) is 7. The van der Waals surface area contributed by atoms with Crippen molar-refractivity contribution in [2.45, 2.75) is 13.0 Å². The van der Waals surface area contributed by atoms with Crippen LogP contribution in [-0.4, -0.2) is 45.4 Å². The third-order valence-electron chi connectivity index (χ3n) is 4.30. The molecule has 2 aromatic rings. The molecule has 1 N–H and O–H groups in total. The second kappa shape index (κ2) is 9.69. The molecule has 0 aliphatic carbocycles.